The Morgan fingerprint density at radius 1 is 1.15 bits per heavy atom. The summed E-state index contributed by atoms with van der Waals surface area (Å²) in [6.45, 7) is 0.280. The second-order valence-corrected chi connectivity index (χ2v) is 5.14. The molecule has 106 valence electrons. The van der Waals surface area contributed by atoms with Gasteiger partial charge in [-0.3, -0.25) is 0 Å². The summed E-state index contributed by atoms with van der Waals surface area (Å²) in [5.41, 5.74) is 1.69. The first-order chi connectivity index (χ1) is 9.63. The minimum Gasteiger partial charge on any atom is -0.494 e. The van der Waals surface area contributed by atoms with Crippen LogP contribution in [0.4, 0.5) is 4.39 Å². The van der Waals surface area contributed by atoms with Gasteiger partial charge in [0.1, 0.15) is 12.4 Å². The highest BCUT2D eigenvalue weighted by atomic mass is 79.9. The number of methoxy groups -OCH3 is 1. The molecule has 20 heavy (non-hydrogen) atoms. The first-order valence-electron chi connectivity index (χ1n) is 5.93. The van der Waals surface area contributed by atoms with Crippen LogP contribution in [0.1, 0.15) is 11.1 Å². The van der Waals surface area contributed by atoms with Crippen molar-refractivity contribution in [2.45, 2.75) is 11.9 Å². The summed E-state index contributed by atoms with van der Waals surface area (Å²) in [5.74, 6) is 0.550. The smallest absolute Gasteiger partial charge is 0.165 e. The van der Waals surface area contributed by atoms with E-state index in [1.165, 1.54) is 13.2 Å². The highest BCUT2D eigenvalue weighted by molar-refractivity contribution is 9.08. The van der Waals surface area contributed by atoms with Gasteiger partial charge in [-0.1, -0.05) is 33.6 Å². The van der Waals surface area contributed by atoms with Crippen molar-refractivity contribution in [3.63, 3.8) is 0 Å². The summed E-state index contributed by atoms with van der Waals surface area (Å²) in [5, 5.41) is 1.29. The van der Waals surface area contributed by atoms with E-state index in [0.717, 1.165) is 16.9 Å². The lowest BCUT2D eigenvalue weighted by Crippen LogP contribution is -1.99. The molecule has 2 rings (SSSR count). The highest BCUT2D eigenvalue weighted by Crippen LogP contribution is 2.26. The zero-order valence-corrected chi connectivity index (χ0v) is 13.2. The molecule has 2 nitrogen and oxygen atoms in total. The number of rotatable bonds is 5. The number of hydrogen-bond donors (Lipinski definition) is 0. The van der Waals surface area contributed by atoms with E-state index in [0.29, 0.717) is 10.4 Å². The lowest BCUT2D eigenvalue weighted by atomic mass is 10.2. The molecule has 0 atom stereocenters. The normalized spacial score (nSPS) is 10.4. The monoisotopic (exact) mass is 358 g/mol. The van der Waals surface area contributed by atoms with Gasteiger partial charge < -0.3 is 9.47 Å². The molecular weight excluding hydrogens is 347 g/mol. The van der Waals surface area contributed by atoms with E-state index in [2.05, 4.69) is 15.9 Å². The quantitative estimate of drug-likeness (QED) is 0.702. The van der Waals surface area contributed by atoms with Crippen molar-refractivity contribution in [1.82, 2.24) is 0 Å². The van der Waals surface area contributed by atoms with Gasteiger partial charge in [0.2, 0.25) is 0 Å². The Morgan fingerprint density at radius 2 is 1.90 bits per heavy atom. The molecule has 0 fully saturated rings. The molecule has 0 aliphatic heterocycles. The summed E-state index contributed by atoms with van der Waals surface area (Å²) in [4.78, 5) is 0. The molecule has 0 amide bonds. The number of ether oxygens (including phenoxy) is 2. The van der Waals surface area contributed by atoms with Crippen LogP contribution < -0.4 is 9.47 Å². The van der Waals surface area contributed by atoms with Gasteiger partial charge >= 0.3 is 0 Å². The number of hydrogen-bond acceptors (Lipinski definition) is 2. The van der Waals surface area contributed by atoms with E-state index in [4.69, 9.17) is 21.1 Å². The van der Waals surface area contributed by atoms with Gasteiger partial charge in [-0.05, 0) is 35.9 Å². The Hall–Kier alpha value is -1.26. The van der Waals surface area contributed by atoms with Gasteiger partial charge in [-0.25, -0.2) is 4.39 Å². The summed E-state index contributed by atoms with van der Waals surface area (Å²) in [7, 11) is 1.44. The first kappa shape index (κ1) is 15.1. The third kappa shape index (κ3) is 3.64. The molecule has 0 unspecified atom stereocenters. The van der Waals surface area contributed by atoms with Crippen LogP contribution in [0.2, 0.25) is 5.02 Å². The summed E-state index contributed by atoms with van der Waals surface area (Å²) >= 11 is 9.31. The molecule has 5 heteroatoms. The van der Waals surface area contributed by atoms with Crippen molar-refractivity contribution >= 4 is 27.5 Å². The van der Waals surface area contributed by atoms with Crippen molar-refractivity contribution in [2.75, 3.05) is 7.11 Å². The van der Waals surface area contributed by atoms with Gasteiger partial charge in [-0.2, -0.15) is 0 Å². The van der Waals surface area contributed by atoms with Crippen LogP contribution in [0.25, 0.3) is 0 Å². The summed E-state index contributed by atoms with van der Waals surface area (Å²) in [6, 6.07) is 10.2. The van der Waals surface area contributed by atoms with E-state index in [9.17, 15) is 4.39 Å². The summed E-state index contributed by atoms with van der Waals surface area (Å²) < 4.78 is 24.1. The molecule has 0 spiro atoms. The SMILES string of the molecule is COc1ccc(COc2ccc(Cl)cc2CBr)cc1F. The first-order valence-corrected chi connectivity index (χ1v) is 7.43. The van der Waals surface area contributed by atoms with Gasteiger partial charge in [0.25, 0.3) is 0 Å². The van der Waals surface area contributed by atoms with Crippen molar-refractivity contribution < 1.29 is 13.9 Å². The molecule has 0 bridgehead atoms. The third-order valence-electron chi connectivity index (χ3n) is 2.78. The highest BCUT2D eigenvalue weighted by Gasteiger charge is 2.07. The van der Waals surface area contributed by atoms with Crippen LogP contribution in [-0.2, 0) is 11.9 Å². The lowest BCUT2D eigenvalue weighted by molar-refractivity contribution is 0.302. The molecule has 0 radical (unpaired) electrons. The maximum Gasteiger partial charge on any atom is 0.165 e. The Labute approximate surface area is 130 Å². The van der Waals surface area contributed by atoms with E-state index in [1.54, 1.807) is 24.3 Å². The van der Waals surface area contributed by atoms with E-state index in [-0.39, 0.29) is 12.4 Å². The molecule has 2 aromatic rings. The van der Waals surface area contributed by atoms with Gasteiger partial charge in [0.15, 0.2) is 11.6 Å². The molecular formula is C15H13BrClFO2. The minimum atomic E-state index is -0.398. The Kier molecular flexibility index (Phi) is 5.26. The fourth-order valence-electron chi connectivity index (χ4n) is 1.75. The molecule has 0 saturated heterocycles. The second-order valence-electron chi connectivity index (χ2n) is 4.14. The van der Waals surface area contributed by atoms with Crippen molar-refractivity contribution in [3.8, 4) is 11.5 Å². The third-order valence-corrected chi connectivity index (χ3v) is 3.62. The maximum absolute atomic E-state index is 13.6. The zero-order chi connectivity index (χ0) is 14.5. The summed E-state index contributed by atoms with van der Waals surface area (Å²) in [6.07, 6.45) is 0. The lowest BCUT2D eigenvalue weighted by Gasteiger charge is -2.11. The number of alkyl halides is 1. The van der Waals surface area contributed by atoms with Gasteiger partial charge in [0.05, 0.1) is 7.11 Å². The molecule has 0 aromatic heterocycles. The van der Waals surface area contributed by atoms with Crippen LogP contribution in [0.3, 0.4) is 0 Å². The predicted octanol–water partition coefficient (Wildman–Crippen LogP) is 4.96. The van der Waals surface area contributed by atoms with E-state index in [1.807, 2.05) is 6.07 Å². The van der Waals surface area contributed by atoms with Crippen LogP contribution in [0.15, 0.2) is 36.4 Å². The minimum absolute atomic E-state index is 0.224. The molecule has 0 saturated carbocycles. The largest absolute Gasteiger partial charge is 0.494 e. The average molecular weight is 360 g/mol. The second kappa shape index (κ2) is 6.95. The van der Waals surface area contributed by atoms with E-state index >= 15 is 0 Å². The Balaban J connectivity index is 2.10. The molecule has 0 N–H and O–H groups in total. The van der Waals surface area contributed by atoms with Crippen molar-refractivity contribution in [1.29, 1.82) is 0 Å². The van der Waals surface area contributed by atoms with Crippen molar-refractivity contribution in [2.24, 2.45) is 0 Å². The fourth-order valence-corrected chi connectivity index (χ4v) is 2.39. The van der Waals surface area contributed by atoms with Crippen LogP contribution in [0.5, 0.6) is 11.5 Å². The number of benzene rings is 2. The predicted molar refractivity (Wildman–Crippen MR) is 81.4 cm³/mol. The van der Waals surface area contributed by atoms with Crippen molar-refractivity contribution in [3.05, 3.63) is 58.4 Å². The fraction of sp³-hybridized carbons (Fsp3) is 0.200. The van der Waals surface area contributed by atoms with Gasteiger partial charge in [0, 0.05) is 15.9 Å². The molecule has 0 heterocycles. The molecule has 0 aliphatic carbocycles. The molecule has 0 aliphatic rings. The Bertz CT molecular complexity index is 604. The van der Waals surface area contributed by atoms with E-state index < -0.39 is 5.82 Å². The topological polar surface area (TPSA) is 18.5 Å². The standard InChI is InChI=1S/C15H13BrClFO2/c1-19-15-4-2-10(6-13(15)18)9-20-14-5-3-12(17)7-11(14)8-16/h2-7H,8-9H2,1H3. The number of halogens is 3. The van der Waals surface area contributed by atoms with Crippen LogP contribution in [0, 0.1) is 5.82 Å². The van der Waals surface area contributed by atoms with Crippen LogP contribution >= 0.6 is 27.5 Å². The van der Waals surface area contributed by atoms with Gasteiger partial charge in [-0.15, -0.1) is 0 Å². The maximum atomic E-state index is 13.6. The Morgan fingerprint density at radius 3 is 2.55 bits per heavy atom. The molecule has 2 aromatic carbocycles. The average Bonchev–Trinajstić information content (AvgIpc) is 2.46. The zero-order valence-electron chi connectivity index (χ0n) is 10.8. The van der Waals surface area contributed by atoms with Crippen LogP contribution in [-0.4, -0.2) is 7.11 Å².